The van der Waals surface area contributed by atoms with Gasteiger partial charge in [0, 0.05) is 10.0 Å². The van der Waals surface area contributed by atoms with Crippen LogP contribution in [0.3, 0.4) is 0 Å². The average molecular weight is 323 g/mol. The van der Waals surface area contributed by atoms with Crippen molar-refractivity contribution in [1.29, 1.82) is 0 Å². The Morgan fingerprint density at radius 2 is 1.59 bits per heavy atom. The Kier molecular flexibility index (Phi) is 3.66. The molecule has 17 heavy (non-hydrogen) atoms. The molecule has 1 rings (SSSR count). The lowest BCUT2D eigenvalue weighted by molar-refractivity contribution is -0.275. The summed E-state index contributed by atoms with van der Waals surface area (Å²) in [6, 6.07) is 1.68. The topological polar surface area (TPSA) is 9.23 Å². The Bertz CT molecular complexity index is 423. The zero-order valence-corrected chi connectivity index (χ0v) is 9.79. The molecular formula is C9H5BrF6O. The minimum atomic E-state index is -5.03. The van der Waals surface area contributed by atoms with Gasteiger partial charge in [0.2, 0.25) is 0 Å². The van der Waals surface area contributed by atoms with Gasteiger partial charge in [0.25, 0.3) is 0 Å². The minimum Gasteiger partial charge on any atom is -0.405 e. The number of rotatable bonds is 1. The summed E-state index contributed by atoms with van der Waals surface area (Å²) in [5.41, 5.74) is -1.80. The van der Waals surface area contributed by atoms with E-state index in [2.05, 4.69) is 20.7 Å². The van der Waals surface area contributed by atoms with Gasteiger partial charge in [-0.05, 0) is 19.1 Å². The smallest absolute Gasteiger partial charge is 0.405 e. The van der Waals surface area contributed by atoms with E-state index < -0.39 is 29.4 Å². The zero-order valence-electron chi connectivity index (χ0n) is 8.21. The van der Waals surface area contributed by atoms with E-state index in [9.17, 15) is 26.3 Å². The van der Waals surface area contributed by atoms with Crippen molar-refractivity contribution in [1.82, 2.24) is 0 Å². The third-order valence-electron chi connectivity index (χ3n) is 1.87. The standard InChI is InChI=1S/C9H5BrF6O/c1-4-6(17-9(14,15)16)3-2-5(10)7(4)8(11,12)13/h2-3H,1H3. The molecule has 0 unspecified atom stereocenters. The number of hydrogen-bond donors (Lipinski definition) is 0. The first-order chi connectivity index (χ1) is 7.52. The van der Waals surface area contributed by atoms with Crippen LogP contribution in [0, 0.1) is 6.92 Å². The van der Waals surface area contributed by atoms with Gasteiger partial charge in [-0.1, -0.05) is 15.9 Å². The molecular weight excluding hydrogens is 318 g/mol. The van der Waals surface area contributed by atoms with Gasteiger partial charge < -0.3 is 4.74 Å². The SMILES string of the molecule is Cc1c(OC(F)(F)F)ccc(Br)c1C(F)(F)F. The lowest BCUT2D eigenvalue weighted by atomic mass is 10.1. The third kappa shape index (κ3) is 3.52. The molecule has 1 aromatic carbocycles. The Hall–Kier alpha value is -0.920. The van der Waals surface area contributed by atoms with Crippen LogP contribution in [-0.2, 0) is 6.18 Å². The minimum absolute atomic E-state index is 0.336. The summed E-state index contributed by atoms with van der Waals surface area (Å²) < 4.78 is 76.6. The molecule has 0 aliphatic heterocycles. The molecule has 0 saturated carbocycles. The molecule has 0 spiro atoms. The second-order valence-electron chi connectivity index (χ2n) is 3.09. The lowest BCUT2D eigenvalue weighted by Crippen LogP contribution is -2.19. The third-order valence-corrected chi connectivity index (χ3v) is 2.53. The highest BCUT2D eigenvalue weighted by molar-refractivity contribution is 9.10. The monoisotopic (exact) mass is 322 g/mol. The first kappa shape index (κ1) is 14.1. The van der Waals surface area contributed by atoms with Crippen molar-refractivity contribution in [3.05, 3.63) is 27.7 Å². The number of benzene rings is 1. The summed E-state index contributed by atoms with van der Waals surface area (Å²) in [6.07, 6.45) is -9.78. The van der Waals surface area contributed by atoms with E-state index in [-0.39, 0.29) is 4.47 Å². The van der Waals surface area contributed by atoms with E-state index in [0.717, 1.165) is 19.1 Å². The number of alkyl halides is 6. The van der Waals surface area contributed by atoms with Crippen molar-refractivity contribution in [3.8, 4) is 5.75 Å². The van der Waals surface area contributed by atoms with Crippen LogP contribution in [0.4, 0.5) is 26.3 Å². The number of ether oxygens (including phenoxy) is 1. The predicted octanol–water partition coefficient (Wildman–Crippen LogP) is 4.67. The summed E-state index contributed by atoms with van der Waals surface area (Å²) in [5, 5.41) is 0. The number of hydrogen-bond acceptors (Lipinski definition) is 1. The van der Waals surface area contributed by atoms with Crippen LogP contribution in [0.15, 0.2) is 16.6 Å². The maximum absolute atomic E-state index is 12.6. The van der Waals surface area contributed by atoms with E-state index in [4.69, 9.17) is 0 Å². The van der Waals surface area contributed by atoms with Crippen LogP contribution in [0.2, 0.25) is 0 Å². The van der Waals surface area contributed by atoms with E-state index in [1.807, 2.05) is 0 Å². The van der Waals surface area contributed by atoms with E-state index >= 15 is 0 Å². The Morgan fingerprint density at radius 1 is 1.06 bits per heavy atom. The molecule has 0 aliphatic rings. The molecule has 8 heteroatoms. The molecule has 0 radical (unpaired) electrons. The molecule has 0 fully saturated rings. The van der Waals surface area contributed by atoms with Crippen LogP contribution in [0.5, 0.6) is 5.75 Å². The molecule has 0 N–H and O–H groups in total. The van der Waals surface area contributed by atoms with Gasteiger partial charge in [-0.25, -0.2) is 0 Å². The van der Waals surface area contributed by atoms with Crippen molar-refractivity contribution in [2.45, 2.75) is 19.5 Å². The first-order valence-electron chi connectivity index (χ1n) is 4.14. The quantitative estimate of drug-likeness (QED) is 0.682. The summed E-state index contributed by atoms with van der Waals surface area (Å²) >= 11 is 2.64. The zero-order chi connectivity index (χ0) is 13.4. The second kappa shape index (κ2) is 4.40. The highest BCUT2D eigenvalue weighted by atomic mass is 79.9. The first-order valence-corrected chi connectivity index (χ1v) is 4.93. The van der Waals surface area contributed by atoms with Gasteiger partial charge in [-0.2, -0.15) is 13.2 Å². The summed E-state index contributed by atoms with van der Waals surface area (Å²) in [6.45, 7) is 0.911. The van der Waals surface area contributed by atoms with Gasteiger partial charge in [-0.3, -0.25) is 0 Å². The van der Waals surface area contributed by atoms with Gasteiger partial charge >= 0.3 is 12.5 Å². The van der Waals surface area contributed by atoms with Crippen molar-refractivity contribution in [2.75, 3.05) is 0 Å². The van der Waals surface area contributed by atoms with Crippen LogP contribution in [0.25, 0.3) is 0 Å². The summed E-state index contributed by atoms with van der Waals surface area (Å²) in [5.74, 6) is -0.868. The van der Waals surface area contributed by atoms with E-state index in [1.165, 1.54) is 0 Å². The number of halogens is 7. The molecule has 0 amide bonds. The molecule has 1 nitrogen and oxygen atoms in total. The fraction of sp³-hybridized carbons (Fsp3) is 0.333. The Morgan fingerprint density at radius 3 is 2.00 bits per heavy atom. The van der Waals surface area contributed by atoms with E-state index in [0.29, 0.717) is 0 Å². The predicted molar refractivity (Wildman–Crippen MR) is 50.6 cm³/mol. The second-order valence-corrected chi connectivity index (χ2v) is 3.95. The fourth-order valence-corrected chi connectivity index (χ4v) is 1.90. The van der Waals surface area contributed by atoms with Crippen LogP contribution in [-0.4, -0.2) is 6.36 Å². The maximum atomic E-state index is 12.6. The summed E-state index contributed by atoms with van der Waals surface area (Å²) in [7, 11) is 0. The van der Waals surface area contributed by atoms with Gasteiger partial charge in [-0.15, -0.1) is 13.2 Å². The molecule has 0 aromatic heterocycles. The van der Waals surface area contributed by atoms with E-state index in [1.54, 1.807) is 0 Å². The van der Waals surface area contributed by atoms with Crippen LogP contribution < -0.4 is 4.74 Å². The molecule has 96 valence electrons. The summed E-state index contributed by atoms with van der Waals surface area (Å²) in [4.78, 5) is 0. The molecule has 0 saturated heterocycles. The Labute approximate surface area is 101 Å². The van der Waals surface area contributed by atoms with Crippen LogP contribution in [0.1, 0.15) is 11.1 Å². The van der Waals surface area contributed by atoms with Crippen molar-refractivity contribution in [3.63, 3.8) is 0 Å². The molecule has 1 aromatic rings. The van der Waals surface area contributed by atoms with Gasteiger partial charge in [0.05, 0.1) is 5.56 Å². The van der Waals surface area contributed by atoms with Crippen LogP contribution >= 0.6 is 15.9 Å². The fourth-order valence-electron chi connectivity index (χ4n) is 1.24. The van der Waals surface area contributed by atoms with Gasteiger partial charge in [0.1, 0.15) is 5.75 Å². The maximum Gasteiger partial charge on any atom is 0.573 e. The highest BCUT2D eigenvalue weighted by Crippen LogP contribution is 2.41. The van der Waals surface area contributed by atoms with Crippen molar-refractivity contribution < 1.29 is 31.1 Å². The normalized spacial score (nSPS) is 12.7. The van der Waals surface area contributed by atoms with Crippen molar-refractivity contribution >= 4 is 15.9 Å². The van der Waals surface area contributed by atoms with Crippen molar-refractivity contribution in [2.24, 2.45) is 0 Å². The van der Waals surface area contributed by atoms with Gasteiger partial charge in [0.15, 0.2) is 0 Å². The largest absolute Gasteiger partial charge is 0.573 e. The molecule has 0 atom stereocenters. The molecule has 0 aliphatic carbocycles. The average Bonchev–Trinajstić information content (AvgIpc) is 2.06. The molecule has 0 bridgehead atoms. The Balaban J connectivity index is 3.30. The lowest BCUT2D eigenvalue weighted by Gasteiger charge is -2.17. The highest BCUT2D eigenvalue weighted by Gasteiger charge is 2.38. The molecule has 0 heterocycles.